The summed E-state index contributed by atoms with van der Waals surface area (Å²) in [5.74, 6) is 1.69. The Morgan fingerprint density at radius 1 is 1.38 bits per heavy atom. The van der Waals surface area contributed by atoms with Gasteiger partial charge in [0.1, 0.15) is 11.9 Å². The largest absolute Gasteiger partial charge is 0.490 e. The average Bonchev–Trinajstić information content (AvgIpc) is 2.62. The third-order valence-electron chi connectivity index (χ3n) is 3.17. The number of hydrogen-bond donors (Lipinski definition) is 0. The lowest BCUT2D eigenvalue weighted by Gasteiger charge is -2.13. The van der Waals surface area contributed by atoms with Crippen molar-refractivity contribution in [3.8, 4) is 0 Å². The Morgan fingerprint density at radius 2 is 2.31 bits per heavy atom. The van der Waals surface area contributed by atoms with E-state index in [1.54, 1.807) is 0 Å². The molecule has 0 aromatic rings. The number of rotatable bonds is 0. The summed E-state index contributed by atoms with van der Waals surface area (Å²) in [6.07, 6.45) is 8.08. The molecule has 0 saturated heterocycles. The molecule has 0 saturated carbocycles. The standard InChI is InChI=1S/C11H12O2/c12-8-4-2-6-10-11(8)7-3-1-5-9(7)13-10/h1,5,7,9H,2-4,6H2. The third-order valence-corrected chi connectivity index (χ3v) is 3.17. The molecule has 68 valence electrons. The Kier molecular flexibility index (Phi) is 1.40. The topological polar surface area (TPSA) is 26.3 Å². The lowest BCUT2D eigenvalue weighted by atomic mass is 9.87. The van der Waals surface area contributed by atoms with Crippen molar-refractivity contribution in [1.29, 1.82) is 0 Å². The molecule has 0 fully saturated rings. The molecular formula is C11H12O2. The van der Waals surface area contributed by atoms with Crippen LogP contribution in [0.25, 0.3) is 0 Å². The van der Waals surface area contributed by atoms with Crippen LogP contribution in [0.1, 0.15) is 25.7 Å². The maximum Gasteiger partial charge on any atom is 0.162 e. The Morgan fingerprint density at radius 3 is 3.23 bits per heavy atom. The number of fused-ring (bicyclic) bond motifs is 2. The molecule has 2 unspecified atom stereocenters. The number of hydrogen-bond acceptors (Lipinski definition) is 2. The van der Waals surface area contributed by atoms with E-state index in [1.165, 1.54) is 0 Å². The molecule has 3 rings (SSSR count). The fourth-order valence-electron chi connectivity index (χ4n) is 2.57. The monoisotopic (exact) mass is 176 g/mol. The lowest BCUT2D eigenvalue weighted by molar-refractivity contribution is -0.116. The Hall–Kier alpha value is -1.05. The Balaban J connectivity index is 2.00. The predicted molar refractivity (Wildman–Crippen MR) is 48.0 cm³/mol. The second kappa shape index (κ2) is 2.47. The lowest BCUT2D eigenvalue weighted by Crippen LogP contribution is -2.16. The Labute approximate surface area is 77.3 Å². The van der Waals surface area contributed by atoms with Gasteiger partial charge in [-0.25, -0.2) is 0 Å². The normalized spacial score (nSPS) is 36.2. The van der Waals surface area contributed by atoms with Crippen molar-refractivity contribution in [3.63, 3.8) is 0 Å². The SMILES string of the molecule is O=C1CCCC2=C1C1CC=CC1O2. The van der Waals surface area contributed by atoms with Gasteiger partial charge in [0.2, 0.25) is 0 Å². The molecule has 0 spiro atoms. The number of ether oxygens (including phenoxy) is 1. The zero-order valence-corrected chi connectivity index (χ0v) is 7.45. The summed E-state index contributed by atoms with van der Waals surface area (Å²) < 4.78 is 5.73. The highest BCUT2D eigenvalue weighted by atomic mass is 16.5. The molecule has 2 heteroatoms. The zero-order valence-electron chi connectivity index (χ0n) is 7.45. The molecule has 2 aliphatic carbocycles. The van der Waals surface area contributed by atoms with Gasteiger partial charge in [-0.15, -0.1) is 0 Å². The summed E-state index contributed by atoms with van der Waals surface area (Å²) in [5, 5.41) is 0. The highest BCUT2D eigenvalue weighted by molar-refractivity contribution is 5.97. The van der Waals surface area contributed by atoms with Crippen LogP contribution in [0, 0.1) is 5.92 Å². The van der Waals surface area contributed by atoms with Crippen LogP contribution in [0.15, 0.2) is 23.5 Å². The van der Waals surface area contributed by atoms with E-state index in [0.717, 1.165) is 37.0 Å². The highest BCUT2D eigenvalue weighted by Crippen LogP contribution is 2.43. The van der Waals surface area contributed by atoms with Gasteiger partial charge in [0.05, 0.1) is 0 Å². The number of carbonyl (C=O) groups excluding carboxylic acids is 1. The number of allylic oxidation sites excluding steroid dienone is 2. The van der Waals surface area contributed by atoms with Crippen LogP contribution in [0.3, 0.4) is 0 Å². The molecule has 1 heterocycles. The van der Waals surface area contributed by atoms with E-state index >= 15 is 0 Å². The molecule has 0 radical (unpaired) electrons. The van der Waals surface area contributed by atoms with Crippen LogP contribution < -0.4 is 0 Å². The van der Waals surface area contributed by atoms with E-state index in [1.807, 2.05) is 0 Å². The van der Waals surface area contributed by atoms with Gasteiger partial charge in [-0.2, -0.15) is 0 Å². The second-order valence-corrected chi connectivity index (χ2v) is 3.97. The quantitative estimate of drug-likeness (QED) is 0.527. The van der Waals surface area contributed by atoms with Crippen molar-refractivity contribution in [3.05, 3.63) is 23.5 Å². The maximum absolute atomic E-state index is 11.7. The molecular weight excluding hydrogens is 164 g/mol. The van der Waals surface area contributed by atoms with Crippen LogP contribution in [0.5, 0.6) is 0 Å². The van der Waals surface area contributed by atoms with Crippen molar-refractivity contribution in [2.75, 3.05) is 0 Å². The van der Waals surface area contributed by atoms with Crippen LogP contribution in [-0.4, -0.2) is 11.9 Å². The van der Waals surface area contributed by atoms with Gasteiger partial charge in [-0.05, 0) is 18.9 Å². The van der Waals surface area contributed by atoms with Gasteiger partial charge in [0.25, 0.3) is 0 Å². The van der Waals surface area contributed by atoms with Crippen LogP contribution in [-0.2, 0) is 9.53 Å². The van der Waals surface area contributed by atoms with Gasteiger partial charge < -0.3 is 4.74 Å². The first-order valence-electron chi connectivity index (χ1n) is 4.96. The summed E-state index contributed by atoms with van der Waals surface area (Å²) in [6, 6.07) is 0. The van der Waals surface area contributed by atoms with Crippen LogP contribution >= 0.6 is 0 Å². The van der Waals surface area contributed by atoms with E-state index in [4.69, 9.17) is 4.74 Å². The van der Waals surface area contributed by atoms with E-state index in [-0.39, 0.29) is 6.10 Å². The van der Waals surface area contributed by atoms with E-state index in [0.29, 0.717) is 11.7 Å². The molecule has 2 nitrogen and oxygen atoms in total. The van der Waals surface area contributed by atoms with Gasteiger partial charge in [-0.3, -0.25) is 4.79 Å². The van der Waals surface area contributed by atoms with E-state index in [9.17, 15) is 4.79 Å². The molecule has 13 heavy (non-hydrogen) atoms. The summed E-state index contributed by atoms with van der Waals surface area (Å²) in [7, 11) is 0. The zero-order chi connectivity index (χ0) is 8.84. The van der Waals surface area contributed by atoms with Crippen molar-refractivity contribution < 1.29 is 9.53 Å². The molecule has 0 aromatic heterocycles. The fraction of sp³-hybridized carbons (Fsp3) is 0.545. The molecule has 2 atom stereocenters. The van der Waals surface area contributed by atoms with Gasteiger partial charge in [-0.1, -0.05) is 6.08 Å². The molecule has 3 aliphatic rings. The fourth-order valence-corrected chi connectivity index (χ4v) is 2.57. The Bertz CT molecular complexity index is 325. The molecule has 1 aliphatic heterocycles. The molecule has 0 bridgehead atoms. The van der Waals surface area contributed by atoms with Crippen molar-refractivity contribution in [1.82, 2.24) is 0 Å². The average molecular weight is 176 g/mol. The van der Waals surface area contributed by atoms with Crippen LogP contribution in [0.4, 0.5) is 0 Å². The first-order valence-corrected chi connectivity index (χ1v) is 4.96. The number of Topliss-reactive ketones (excluding diaryl/α,β-unsaturated/α-hetero) is 1. The minimum atomic E-state index is 0.187. The molecule has 0 aromatic carbocycles. The van der Waals surface area contributed by atoms with Crippen molar-refractivity contribution in [2.45, 2.75) is 31.8 Å². The summed E-state index contributed by atoms with van der Waals surface area (Å²) in [6.45, 7) is 0. The predicted octanol–water partition coefficient (Wildman–Crippen LogP) is 1.97. The first-order chi connectivity index (χ1) is 6.36. The molecule has 0 amide bonds. The highest BCUT2D eigenvalue weighted by Gasteiger charge is 2.41. The smallest absolute Gasteiger partial charge is 0.162 e. The van der Waals surface area contributed by atoms with Crippen LogP contribution in [0.2, 0.25) is 0 Å². The van der Waals surface area contributed by atoms with Crippen molar-refractivity contribution in [2.24, 2.45) is 5.92 Å². The van der Waals surface area contributed by atoms with Gasteiger partial charge in [0, 0.05) is 24.3 Å². The van der Waals surface area contributed by atoms with Gasteiger partial charge >= 0.3 is 0 Å². The first kappa shape index (κ1) is 7.36. The van der Waals surface area contributed by atoms with Gasteiger partial charge in [0.15, 0.2) is 5.78 Å². The minimum Gasteiger partial charge on any atom is -0.490 e. The summed E-state index contributed by atoms with van der Waals surface area (Å²) >= 11 is 0. The third kappa shape index (κ3) is 0.916. The number of ketones is 1. The summed E-state index contributed by atoms with van der Waals surface area (Å²) in [4.78, 5) is 11.7. The van der Waals surface area contributed by atoms with E-state index in [2.05, 4.69) is 12.2 Å². The minimum absolute atomic E-state index is 0.187. The van der Waals surface area contributed by atoms with Crippen molar-refractivity contribution >= 4 is 5.78 Å². The van der Waals surface area contributed by atoms with E-state index < -0.39 is 0 Å². The summed E-state index contributed by atoms with van der Waals surface area (Å²) in [5.41, 5.74) is 1.02. The maximum atomic E-state index is 11.7. The number of carbonyl (C=O) groups is 1. The second-order valence-electron chi connectivity index (χ2n) is 3.97. The molecule has 0 N–H and O–H groups in total.